The summed E-state index contributed by atoms with van der Waals surface area (Å²) in [6, 6.07) is 4.91. The second kappa shape index (κ2) is 6.84. The van der Waals surface area contributed by atoms with Crippen LogP contribution in [0.1, 0.15) is 19.4 Å². The lowest BCUT2D eigenvalue weighted by atomic mass is 10.1. The first kappa shape index (κ1) is 17.0. The van der Waals surface area contributed by atoms with Gasteiger partial charge in [-0.05, 0) is 31.5 Å². The lowest BCUT2D eigenvalue weighted by Gasteiger charge is -2.22. The fraction of sp³-hybridized carbons (Fsp3) is 0.467. The molecule has 0 bridgehead atoms. The van der Waals surface area contributed by atoms with Gasteiger partial charge in [-0.2, -0.15) is 0 Å². The summed E-state index contributed by atoms with van der Waals surface area (Å²) in [7, 11) is 0. The molecular formula is C15H20N2O6. The average molecular weight is 324 g/mol. The van der Waals surface area contributed by atoms with E-state index < -0.39 is 23.9 Å². The number of ether oxygens (including phenoxy) is 4. The molecule has 1 heterocycles. The van der Waals surface area contributed by atoms with Crippen LogP contribution < -0.4 is 20.9 Å². The molecule has 0 amide bonds. The molecular weight excluding hydrogens is 304 g/mol. The highest BCUT2D eigenvalue weighted by molar-refractivity contribution is 6.03. The van der Waals surface area contributed by atoms with Gasteiger partial charge in [-0.15, -0.1) is 0 Å². The van der Waals surface area contributed by atoms with E-state index in [2.05, 4.69) is 0 Å². The Hall–Kier alpha value is -2.32. The number of esters is 2. The Morgan fingerprint density at radius 2 is 1.65 bits per heavy atom. The van der Waals surface area contributed by atoms with Crippen molar-refractivity contribution in [2.24, 2.45) is 11.5 Å². The maximum atomic E-state index is 12.2. The highest BCUT2D eigenvalue weighted by Crippen LogP contribution is 2.41. The molecule has 23 heavy (non-hydrogen) atoms. The van der Waals surface area contributed by atoms with Crippen LogP contribution in [-0.2, 0) is 25.5 Å². The first-order chi connectivity index (χ1) is 10.9. The Morgan fingerprint density at radius 1 is 1.09 bits per heavy atom. The van der Waals surface area contributed by atoms with Gasteiger partial charge in [-0.3, -0.25) is 0 Å². The van der Waals surface area contributed by atoms with E-state index in [-0.39, 0.29) is 24.7 Å². The summed E-state index contributed by atoms with van der Waals surface area (Å²) in [5.41, 5.74) is 11.9. The molecule has 2 rings (SSSR count). The van der Waals surface area contributed by atoms with E-state index in [0.717, 1.165) is 5.56 Å². The molecule has 0 saturated carbocycles. The summed E-state index contributed by atoms with van der Waals surface area (Å²) in [5, 5.41) is 0. The number of fused-ring (bicyclic) bond motifs is 1. The molecule has 0 atom stereocenters. The number of carbonyl (C=O) groups excluding carboxylic acids is 2. The second-order valence-corrected chi connectivity index (χ2v) is 4.91. The second-order valence-electron chi connectivity index (χ2n) is 4.91. The molecule has 126 valence electrons. The Balaban J connectivity index is 2.32. The molecule has 0 unspecified atom stereocenters. The van der Waals surface area contributed by atoms with E-state index in [9.17, 15) is 9.59 Å². The fourth-order valence-corrected chi connectivity index (χ4v) is 2.15. The Kier molecular flexibility index (Phi) is 5.07. The van der Waals surface area contributed by atoms with Crippen molar-refractivity contribution in [3.63, 3.8) is 0 Å². The van der Waals surface area contributed by atoms with Crippen molar-refractivity contribution in [1.82, 2.24) is 0 Å². The number of hydrogen-bond acceptors (Lipinski definition) is 8. The van der Waals surface area contributed by atoms with E-state index in [4.69, 9.17) is 30.4 Å². The molecule has 0 saturated heterocycles. The largest absolute Gasteiger partial charge is 0.460 e. The van der Waals surface area contributed by atoms with Gasteiger partial charge in [0.2, 0.25) is 0 Å². The molecule has 4 N–H and O–H groups in total. The van der Waals surface area contributed by atoms with Gasteiger partial charge in [-0.25, -0.2) is 9.59 Å². The Bertz CT molecular complexity index is 584. The van der Waals surface area contributed by atoms with E-state index in [1.165, 1.54) is 0 Å². The van der Waals surface area contributed by atoms with Gasteiger partial charge in [0.25, 0.3) is 0 Å². The summed E-state index contributed by atoms with van der Waals surface area (Å²) in [5.74, 6) is -3.75. The third-order valence-corrected chi connectivity index (χ3v) is 3.08. The Labute approximate surface area is 133 Å². The predicted molar refractivity (Wildman–Crippen MR) is 79.6 cm³/mol. The molecule has 1 aliphatic rings. The SMILES string of the molecule is CCOC(=O)C1(C(=O)OCC)Oc2ccc(CC(N)N)cc2O1. The molecule has 0 radical (unpaired) electrons. The number of benzene rings is 1. The van der Waals surface area contributed by atoms with Gasteiger partial charge in [0.05, 0.1) is 19.4 Å². The third kappa shape index (κ3) is 3.38. The smallest absolute Gasteiger partial charge is 0.453 e. The predicted octanol–water partition coefficient (Wildman–Crippen LogP) is 0.0663. The van der Waals surface area contributed by atoms with Crippen molar-refractivity contribution in [3.8, 4) is 11.5 Å². The Morgan fingerprint density at radius 3 is 2.17 bits per heavy atom. The summed E-state index contributed by atoms with van der Waals surface area (Å²) in [6.45, 7) is 3.35. The zero-order chi connectivity index (χ0) is 17.0. The summed E-state index contributed by atoms with van der Waals surface area (Å²) >= 11 is 0. The molecule has 0 aliphatic carbocycles. The van der Waals surface area contributed by atoms with Crippen LogP contribution in [0.2, 0.25) is 0 Å². The molecule has 0 aromatic heterocycles. The summed E-state index contributed by atoms with van der Waals surface area (Å²) in [4.78, 5) is 24.4. The van der Waals surface area contributed by atoms with Crippen LogP contribution in [-0.4, -0.2) is 37.1 Å². The quantitative estimate of drug-likeness (QED) is 0.428. The molecule has 1 aromatic carbocycles. The maximum Gasteiger partial charge on any atom is 0.453 e. The molecule has 8 nitrogen and oxygen atoms in total. The molecule has 1 aromatic rings. The minimum absolute atomic E-state index is 0.0658. The van der Waals surface area contributed by atoms with E-state index in [1.807, 2.05) is 0 Å². The monoisotopic (exact) mass is 324 g/mol. The van der Waals surface area contributed by atoms with E-state index in [1.54, 1.807) is 32.0 Å². The van der Waals surface area contributed by atoms with Crippen molar-refractivity contribution < 1.29 is 28.5 Å². The van der Waals surface area contributed by atoms with Crippen LogP contribution in [0, 0.1) is 0 Å². The highest BCUT2D eigenvalue weighted by atomic mass is 16.8. The highest BCUT2D eigenvalue weighted by Gasteiger charge is 2.59. The molecule has 1 aliphatic heterocycles. The fourth-order valence-electron chi connectivity index (χ4n) is 2.15. The van der Waals surface area contributed by atoms with Crippen LogP contribution in [0.3, 0.4) is 0 Å². The van der Waals surface area contributed by atoms with Crippen molar-refractivity contribution in [2.75, 3.05) is 13.2 Å². The number of rotatable bonds is 6. The van der Waals surface area contributed by atoms with Gasteiger partial charge in [-0.1, -0.05) is 6.07 Å². The van der Waals surface area contributed by atoms with Gasteiger partial charge < -0.3 is 30.4 Å². The van der Waals surface area contributed by atoms with Crippen molar-refractivity contribution in [1.29, 1.82) is 0 Å². The zero-order valence-corrected chi connectivity index (χ0v) is 13.0. The van der Waals surface area contributed by atoms with E-state index in [0.29, 0.717) is 6.42 Å². The zero-order valence-electron chi connectivity index (χ0n) is 13.0. The number of nitrogens with two attached hydrogens (primary N) is 2. The minimum Gasteiger partial charge on any atom is -0.460 e. The van der Waals surface area contributed by atoms with Gasteiger partial charge in [0.15, 0.2) is 11.5 Å². The van der Waals surface area contributed by atoms with Crippen LogP contribution in [0.25, 0.3) is 0 Å². The normalized spacial score (nSPS) is 14.7. The maximum absolute atomic E-state index is 12.2. The van der Waals surface area contributed by atoms with Gasteiger partial charge in [0, 0.05) is 6.42 Å². The molecule has 0 fully saturated rings. The average Bonchev–Trinajstić information content (AvgIpc) is 2.87. The van der Waals surface area contributed by atoms with Crippen LogP contribution in [0.15, 0.2) is 18.2 Å². The van der Waals surface area contributed by atoms with Crippen molar-refractivity contribution in [3.05, 3.63) is 23.8 Å². The van der Waals surface area contributed by atoms with Crippen molar-refractivity contribution >= 4 is 11.9 Å². The van der Waals surface area contributed by atoms with E-state index >= 15 is 0 Å². The first-order valence-corrected chi connectivity index (χ1v) is 7.29. The standard InChI is InChI=1S/C15H20N2O6/c1-3-20-13(18)15(14(19)21-4-2)22-10-6-5-9(8-12(16)17)7-11(10)23-15/h5-7,12H,3-4,8,16-17H2,1-2H3. The van der Waals surface area contributed by atoms with Gasteiger partial charge >= 0.3 is 17.7 Å². The third-order valence-electron chi connectivity index (χ3n) is 3.08. The number of hydrogen-bond donors (Lipinski definition) is 2. The van der Waals surface area contributed by atoms with Crippen LogP contribution in [0.5, 0.6) is 11.5 Å². The van der Waals surface area contributed by atoms with Gasteiger partial charge in [0.1, 0.15) is 0 Å². The topological polar surface area (TPSA) is 123 Å². The summed E-state index contributed by atoms with van der Waals surface area (Å²) in [6.07, 6.45) is -0.127. The molecule has 8 heteroatoms. The minimum atomic E-state index is -2.28. The van der Waals surface area contributed by atoms with Crippen molar-refractivity contribution in [2.45, 2.75) is 32.2 Å². The lowest BCUT2D eigenvalue weighted by molar-refractivity contribution is -0.202. The number of carbonyl (C=O) groups is 2. The molecule has 0 spiro atoms. The summed E-state index contributed by atoms with van der Waals surface area (Å²) < 4.78 is 20.7. The first-order valence-electron chi connectivity index (χ1n) is 7.29. The van der Waals surface area contributed by atoms with Crippen LogP contribution in [0.4, 0.5) is 0 Å². The van der Waals surface area contributed by atoms with Crippen LogP contribution >= 0.6 is 0 Å². The lowest BCUT2D eigenvalue weighted by Crippen LogP contribution is -2.55.